The van der Waals surface area contributed by atoms with Crippen LogP contribution in [-0.4, -0.2) is 136 Å². The van der Waals surface area contributed by atoms with E-state index in [9.17, 15) is 48.3 Å². The van der Waals surface area contributed by atoms with Crippen LogP contribution in [0.1, 0.15) is 71.8 Å². The number of carbonyl (C=O) groups excluding carboxylic acids is 7. The summed E-state index contributed by atoms with van der Waals surface area (Å²) in [6.45, 7) is 6.23. The molecule has 314 valence electrons. The van der Waals surface area contributed by atoms with E-state index in [1.54, 1.807) is 58.0 Å². The van der Waals surface area contributed by atoms with Crippen LogP contribution < -0.4 is 32.3 Å². The summed E-state index contributed by atoms with van der Waals surface area (Å²) in [5.41, 5.74) is 6.51. The number of nitrogens with two attached hydrogens (primary N) is 1. The van der Waals surface area contributed by atoms with Gasteiger partial charge in [-0.2, -0.15) is 0 Å². The lowest BCUT2D eigenvalue weighted by molar-refractivity contribution is -0.144. The van der Waals surface area contributed by atoms with Gasteiger partial charge in [-0.05, 0) is 43.1 Å². The number of nitrogens with zero attached hydrogens (tertiary/aromatic N) is 2. The molecule has 7 amide bonds. The highest BCUT2D eigenvalue weighted by atomic mass is 16.4. The zero-order valence-corrected chi connectivity index (χ0v) is 32.8. The zero-order chi connectivity index (χ0) is 42.4. The maximum absolute atomic E-state index is 14.0. The molecule has 1 aromatic rings. The topological polar surface area (TPSA) is 287 Å². The van der Waals surface area contributed by atoms with Crippen LogP contribution in [0.3, 0.4) is 0 Å². The lowest BCUT2D eigenvalue weighted by Gasteiger charge is -2.32. The fourth-order valence-corrected chi connectivity index (χ4v) is 6.80. The van der Waals surface area contributed by atoms with Gasteiger partial charge in [0.2, 0.25) is 41.4 Å². The lowest BCUT2D eigenvalue weighted by Crippen LogP contribution is -2.60. The molecule has 0 radical (unpaired) electrons. The third-order valence-corrected chi connectivity index (χ3v) is 10.2. The number of carboxylic acid groups (broad SMARTS) is 2. The van der Waals surface area contributed by atoms with E-state index in [4.69, 9.17) is 10.8 Å². The summed E-state index contributed by atoms with van der Waals surface area (Å²) in [5, 5.41) is 31.2. The third kappa shape index (κ3) is 13.3. The van der Waals surface area contributed by atoms with Gasteiger partial charge in [-0.25, -0.2) is 4.79 Å². The number of likely N-dealkylation sites (tertiary alicyclic amines) is 2. The van der Waals surface area contributed by atoms with Crippen molar-refractivity contribution in [3.63, 3.8) is 0 Å². The van der Waals surface area contributed by atoms with Gasteiger partial charge in [0.1, 0.15) is 30.2 Å². The summed E-state index contributed by atoms with van der Waals surface area (Å²) in [6, 6.07) is 2.09. The molecule has 0 aliphatic carbocycles. The largest absolute Gasteiger partial charge is 0.481 e. The Balaban J connectivity index is 1.66. The van der Waals surface area contributed by atoms with Crippen LogP contribution in [0.25, 0.3) is 0 Å². The molecule has 1 aromatic carbocycles. The fourth-order valence-electron chi connectivity index (χ4n) is 6.80. The van der Waals surface area contributed by atoms with Crippen molar-refractivity contribution >= 4 is 53.3 Å². The molecular formula is C38H56N8O11. The Morgan fingerprint density at radius 2 is 1.33 bits per heavy atom. The van der Waals surface area contributed by atoms with Crippen LogP contribution >= 0.6 is 0 Å². The van der Waals surface area contributed by atoms with Crippen molar-refractivity contribution in [1.82, 2.24) is 36.4 Å². The number of hydrogen-bond donors (Lipinski definition) is 8. The predicted molar refractivity (Wildman–Crippen MR) is 204 cm³/mol. The molecule has 19 nitrogen and oxygen atoms in total. The molecular weight excluding hydrogens is 744 g/mol. The molecule has 0 bridgehead atoms. The standard InChI is InChI=1S/C38H56N8O11/c1-5-22(4)32(38(56)57)43-29(48)20-40-28(47)19-41-34(52)26-13-9-16-46(26)37(55)31(21(2)3)44-33(51)25(17-23-11-7-6-8-12-23)42-35(53)27-14-10-15-45(27)36(54)24(39)18-30(49)50/h6-8,11-12,21-22,24-27,31-32H,5,9-10,13-20,39H2,1-4H3,(H,40,47)(H,41,52)(H,42,53)(H,43,48)(H,44,51)(H,49,50)(H,56,57)/t22-,24-,25-,26-,27-,31-,32-/m0/s1. The van der Waals surface area contributed by atoms with Crippen LogP contribution in [0.5, 0.6) is 0 Å². The highest BCUT2D eigenvalue weighted by molar-refractivity contribution is 5.97. The number of amides is 7. The first-order chi connectivity index (χ1) is 26.9. The maximum atomic E-state index is 14.0. The van der Waals surface area contributed by atoms with Gasteiger partial charge >= 0.3 is 11.9 Å². The van der Waals surface area contributed by atoms with Gasteiger partial charge in [0.05, 0.1) is 25.6 Å². The summed E-state index contributed by atoms with van der Waals surface area (Å²) in [7, 11) is 0. The van der Waals surface area contributed by atoms with Crippen molar-refractivity contribution in [3.05, 3.63) is 35.9 Å². The number of carboxylic acids is 2. The summed E-state index contributed by atoms with van der Waals surface area (Å²) < 4.78 is 0. The number of rotatable bonds is 20. The molecule has 2 heterocycles. The normalized spacial score (nSPS) is 19.1. The van der Waals surface area contributed by atoms with Crippen molar-refractivity contribution < 1.29 is 53.4 Å². The molecule has 0 unspecified atom stereocenters. The molecule has 7 atom stereocenters. The van der Waals surface area contributed by atoms with E-state index in [1.807, 2.05) is 0 Å². The fraction of sp³-hybridized carbons (Fsp3) is 0.605. The Labute approximate surface area is 331 Å². The Bertz CT molecular complexity index is 1640. The number of hydrogen-bond acceptors (Lipinski definition) is 10. The summed E-state index contributed by atoms with van der Waals surface area (Å²) in [6.07, 6.45) is 1.41. The SMILES string of the molecule is CC[C@H](C)[C@H](NC(=O)CNC(=O)CNC(=O)[C@@H]1CCCN1C(=O)[C@@H](NC(=O)[C@H](Cc1ccccc1)NC(=O)[C@@H]1CCCN1C(=O)[C@@H](N)CC(=O)O)C(C)C)C(=O)O. The molecule has 57 heavy (non-hydrogen) atoms. The number of aliphatic carboxylic acids is 2. The van der Waals surface area contributed by atoms with Crippen LogP contribution in [-0.2, 0) is 49.6 Å². The van der Waals surface area contributed by atoms with Crippen LogP contribution in [0.15, 0.2) is 30.3 Å². The van der Waals surface area contributed by atoms with E-state index < -0.39 is 115 Å². The molecule has 0 saturated carbocycles. The highest BCUT2D eigenvalue weighted by Gasteiger charge is 2.41. The molecule has 2 aliphatic heterocycles. The third-order valence-electron chi connectivity index (χ3n) is 10.2. The smallest absolute Gasteiger partial charge is 0.326 e. The van der Waals surface area contributed by atoms with E-state index in [0.29, 0.717) is 24.8 Å². The molecule has 2 saturated heterocycles. The molecule has 0 aromatic heterocycles. The second-order valence-corrected chi connectivity index (χ2v) is 14.8. The van der Waals surface area contributed by atoms with Crippen LogP contribution in [0.4, 0.5) is 0 Å². The van der Waals surface area contributed by atoms with E-state index in [0.717, 1.165) is 0 Å². The molecule has 19 heteroatoms. The first-order valence-corrected chi connectivity index (χ1v) is 19.2. The number of nitrogens with one attached hydrogen (secondary N) is 5. The molecule has 2 fully saturated rings. The van der Waals surface area contributed by atoms with Gasteiger partial charge in [0, 0.05) is 19.5 Å². The minimum Gasteiger partial charge on any atom is -0.481 e. The Kier molecular flexibility index (Phi) is 17.4. The van der Waals surface area contributed by atoms with Gasteiger partial charge in [0.15, 0.2) is 0 Å². The van der Waals surface area contributed by atoms with Gasteiger partial charge < -0.3 is 52.3 Å². The average molecular weight is 801 g/mol. The second-order valence-electron chi connectivity index (χ2n) is 14.8. The predicted octanol–water partition coefficient (Wildman–Crippen LogP) is -1.51. The van der Waals surface area contributed by atoms with E-state index in [-0.39, 0.29) is 38.3 Å². The van der Waals surface area contributed by atoms with Crippen molar-refractivity contribution in [2.75, 3.05) is 26.2 Å². The minimum absolute atomic E-state index is 0.0348. The minimum atomic E-state index is -1.35. The Morgan fingerprint density at radius 1 is 0.754 bits per heavy atom. The number of carbonyl (C=O) groups is 9. The molecule has 3 rings (SSSR count). The lowest BCUT2D eigenvalue weighted by atomic mass is 9.99. The van der Waals surface area contributed by atoms with Gasteiger partial charge in [-0.3, -0.25) is 38.4 Å². The van der Waals surface area contributed by atoms with Crippen molar-refractivity contribution in [1.29, 1.82) is 0 Å². The van der Waals surface area contributed by atoms with Gasteiger partial charge in [-0.15, -0.1) is 0 Å². The van der Waals surface area contributed by atoms with Gasteiger partial charge in [-0.1, -0.05) is 64.4 Å². The average Bonchev–Trinajstić information content (AvgIpc) is 3.87. The van der Waals surface area contributed by atoms with E-state index in [2.05, 4.69) is 26.6 Å². The van der Waals surface area contributed by atoms with Crippen molar-refractivity contribution in [3.8, 4) is 0 Å². The van der Waals surface area contributed by atoms with E-state index >= 15 is 0 Å². The maximum Gasteiger partial charge on any atom is 0.326 e. The number of benzene rings is 1. The summed E-state index contributed by atoms with van der Waals surface area (Å²) in [4.78, 5) is 118. The molecule has 9 N–H and O–H groups in total. The summed E-state index contributed by atoms with van der Waals surface area (Å²) >= 11 is 0. The first-order valence-electron chi connectivity index (χ1n) is 19.2. The highest BCUT2D eigenvalue weighted by Crippen LogP contribution is 2.22. The molecule has 0 spiro atoms. The Morgan fingerprint density at radius 3 is 1.89 bits per heavy atom. The van der Waals surface area contributed by atoms with Crippen molar-refractivity contribution in [2.24, 2.45) is 17.6 Å². The van der Waals surface area contributed by atoms with E-state index in [1.165, 1.54) is 9.80 Å². The quantitative estimate of drug-likeness (QED) is 0.0747. The zero-order valence-electron chi connectivity index (χ0n) is 32.8. The first kappa shape index (κ1) is 45.8. The second kappa shape index (κ2) is 21.6. The molecule has 2 aliphatic rings. The Hall–Kier alpha value is -5.59. The monoisotopic (exact) mass is 800 g/mol. The van der Waals surface area contributed by atoms with Gasteiger partial charge in [0.25, 0.3) is 0 Å². The van der Waals surface area contributed by atoms with Crippen LogP contribution in [0.2, 0.25) is 0 Å². The van der Waals surface area contributed by atoms with Crippen molar-refractivity contribution in [2.45, 2.75) is 109 Å². The summed E-state index contributed by atoms with van der Waals surface area (Å²) in [5.74, 6) is -7.86. The van der Waals surface area contributed by atoms with Crippen LogP contribution in [0, 0.1) is 11.8 Å².